The average molecular weight is 296 g/mol. The van der Waals surface area contributed by atoms with Gasteiger partial charge in [-0.2, -0.15) is 0 Å². The van der Waals surface area contributed by atoms with Gasteiger partial charge in [0, 0.05) is 16.4 Å². The van der Waals surface area contributed by atoms with Crippen LogP contribution in [-0.2, 0) is 17.8 Å². The number of benzene rings is 1. The second-order valence-corrected chi connectivity index (χ2v) is 5.43. The van der Waals surface area contributed by atoms with E-state index in [-0.39, 0.29) is 5.91 Å². The highest BCUT2D eigenvalue weighted by Crippen LogP contribution is 2.22. The van der Waals surface area contributed by atoms with Gasteiger partial charge >= 0.3 is 0 Å². The molecular weight excluding hydrogens is 282 g/mol. The van der Waals surface area contributed by atoms with E-state index in [1.54, 1.807) is 24.5 Å². The van der Waals surface area contributed by atoms with Crippen molar-refractivity contribution in [2.75, 3.05) is 7.11 Å². The van der Waals surface area contributed by atoms with E-state index in [2.05, 4.69) is 5.32 Å². The summed E-state index contributed by atoms with van der Waals surface area (Å²) in [7, 11) is 1.59. The second kappa shape index (κ2) is 6.59. The molecule has 0 aliphatic heterocycles. The molecule has 3 nitrogen and oxygen atoms in total. The van der Waals surface area contributed by atoms with Gasteiger partial charge in [0.2, 0.25) is 5.91 Å². The Hall–Kier alpha value is -1.52. The third-order valence-electron chi connectivity index (χ3n) is 2.65. The molecule has 2 aromatic rings. The van der Waals surface area contributed by atoms with Gasteiger partial charge in [-0.25, -0.2) is 0 Å². The molecule has 1 amide bonds. The van der Waals surface area contributed by atoms with Crippen molar-refractivity contribution < 1.29 is 9.53 Å². The lowest BCUT2D eigenvalue weighted by atomic mass is 10.2. The SMILES string of the molecule is COc1ccc(CNC(=O)Cc2cccs2)c(Cl)c1. The number of hydrogen-bond acceptors (Lipinski definition) is 3. The maximum atomic E-state index is 11.7. The van der Waals surface area contributed by atoms with Crippen LogP contribution in [0.25, 0.3) is 0 Å². The highest BCUT2D eigenvalue weighted by Gasteiger charge is 2.06. The Morgan fingerprint density at radius 2 is 2.26 bits per heavy atom. The van der Waals surface area contributed by atoms with Crippen LogP contribution in [0.5, 0.6) is 5.75 Å². The number of amides is 1. The number of halogens is 1. The highest BCUT2D eigenvalue weighted by molar-refractivity contribution is 7.10. The Bertz CT molecular complexity index is 555. The Morgan fingerprint density at radius 3 is 2.89 bits per heavy atom. The number of ether oxygens (including phenoxy) is 1. The molecule has 0 saturated heterocycles. The maximum absolute atomic E-state index is 11.7. The van der Waals surface area contributed by atoms with E-state index in [0.717, 1.165) is 10.4 Å². The van der Waals surface area contributed by atoms with Crippen LogP contribution in [-0.4, -0.2) is 13.0 Å². The summed E-state index contributed by atoms with van der Waals surface area (Å²) in [6, 6.07) is 9.31. The molecule has 0 fully saturated rings. The maximum Gasteiger partial charge on any atom is 0.225 e. The number of thiophene rings is 1. The minimum absolute atomic E-state index is 0.00525. The highest BCUT2D eigenvalue weighted by atomic mass is 35.5. The molecule has 1 N–H and O–H groups in total. The van der Waals surface area contributed by atoms with Gasteiger partial charge in [0.15, 0.2) is 0 Å². The molecule has 0 atom stereocenters. The van der Waals surface area contributed by atoms with Crippen LogP contribution in [0.15, 0.2) is 35.7 Å². The summed E-state index contributed by atoms with van der Waals surface area (Å²) < 4.78 is 5.08. The van der Waals surface area contributed by atoms with Gasteiger partial charge < -0.3 is 10.1 Å². The normalized spacial score (nSPS) is 10.2. The first-order chi connectivity index (χ1) is 9.19. The summed E-state index contributed by atoms with van der Waals surface area (Å²) in [6.07, 6.45) is 0.408. The lowest BCUT2D eigenvalue weighted by Crippen LogP contribution is -2.24. The molecular formula is C14H14ClNO2S. The van der Waals surface area contributed by atoms with Crippen LogP contribution in [0, 0.1) is 0 Å². The Morgan fingerprint density at radius 1 is 1.42 bits per heavy atom. The van der Waals surface area contributed by atoms with E-state index in [1.165, 1.54) is 0 Å². The van der Waals surface area contributed by atoms with Crippen molar-refractivity contribution >= 4 is 28.8 Å². The first-order valence-electron chi connectivity index (χ1n) is 5.80. The molecule has 0 aliphatic carbocycles. The fourth-order valence-corrected chi connectivity index (χ4v) is 2.57. The molecule has 0 bridgehead atoms. The molecule has 0 saturated carbocycles. The Balaban J connectivity index is 1.90. The van der Waals surface area contributed by atoms with Crippen molar-refractivity contribution in [1.29, 1.82) is 0 Å². The number of carbonyl (C=O) groups excluding carboxylic acids is 1. The molecule has 0 spiro atoms. The van der Waals surface area contributed by atoms with Crippen molar-refractivity contribution in [1.82, 2.24) is 5.32 Å². The summed E-state index contributed by atoms with van der Waals surface area (Å²) in [5, 5.41) is 5.41. The van der Waals surface area contributed by atoms with Crippen LogP contribution in [0.1, 0.15) is 10.4 Å². The molecule has 2 rings (SSSR count). The molecule has 0 aliphatic rings. The van der Waals surface area contributed by atoms with E-state index >= 15 is 0 Å². The van der Waals surface area contributed by atoms with Crippen LogP contribution in [0.3, 0.4) is 0 Å². The smallest absolute Gasteiger partial charge is 0.225 e. The second-order valence-electron chi connectivity index (χ2n) is 3.99. The van der Waals surface area contributed by atoms with E-state index in [1.807, 2.05) is 29.6 Å². The molecule has 0 unspecified atom stereocenters. The predicted octanol–water partition coefficient (Wildman–Crippen LogP) is 3.27. The van der Waals surface area contributed by atoms with Crippen LogP contribution in [0.4, 0.5) is 0 Å². The molecule has 5 heteroatoms. The first-order valence-corrected chi connectivity index (χ1v) is 7.06. The molecule has 1 heterocycles. The minimum atomic E-state index is -0.00525. The summed E-state index contributed by atoms with van der Waals surface area (Å²) in [5.74, 6) is 0.702. The number of rotatable bonds is 5. The van der Waals surface area contributed by atoms with Crippen molar-refractivity contribution in [3.8, 4) is 5.75 Å². The van der Waals surface area contributed by atoms with Gasteiger partial charge in [0.1, 0.15) is 5.75 Å². The molecule has 19 heavy (non-hydrogen) atoms. The lowest BCUT2D eigenvalue weighted by Gasteiger charge is -2.08. The lowest BCUT2D eigenvalue weighted by molar-refractivity contribution is -0.120. The number of carbonyl (C=O) groups is 1. The topological polar surface area (TPSA) is 38.3 Å². The van der Waals surface area contributed by atoms with Crippen molar-refractivity contribution in [3.05, 3.63) is 51.2 Å². The van der Waals surface area contributed by atoms with Gasteiger partial charge in [-0.1, -0.05) is 23.7 Å². The van der Waals surface area contributed by atoms with Crippen molar-refractivity contribution in [2.45, 2.75) is 13.0 Å². The van der Waals surface area contributed by atoms with Gasteiger partial charge in [-0.15, -0.1) is 11.3 Å². The van der Waals surface area contributed by atoms with E-state index in [9.17, 15) is 4.79 Å². The fraction of sp³-hybridized carbons (Fsp3) is 0.214. The third kappa shape index (κ3) is 3.98. The van der Waals surface area contributed by atoms with E-state index in [0.29, 0.717) is 23.7 Å². The number of hydrogen-bond donors (Lipinski definition) is 1. The zero-order valence-electron chi connectivity index (χ0n) is 10.5. The van der Waals surface area contributed by atoms with E-state index < -0.39 is 0 Å². The molecule has 1 aromatic carbocycles. The molecule has 100 valence electrons. The van der Waals surface area contributed by atoms with Crippen LogP contribution in [0.2, 0.25) is 5.02 Å². The quantitative estimate of drug-likeness (QED) is 0.919. The van der Waals surface area contributed by atoms with Gasteiger partial charge in [0.25, 0.3) is 0 Å². The number of nitrogens with one attached hydrogen (secondary N) is 1. The van der Waals surface area contributed by atoms with Crippen molar-refractivity contribution in [2.24, 2.45) is 0 Å². The number of methoxy groups -OCH3 is 1. The zero-order valence-corrected chi connectivity index (χ0v) is 12.1. The standard InChI is InChI=1S/C14H14ClNO2S/c1-18-11-5-4-10(13(15)7-11)9-16-14(17)8-12-3-2-6-19-12/h2-7H,8-9H2,1H3,(H,16,17). The zero-order chi connectivity index (χ0) is 13.7. The predicted molar refractivity (Wildman–Crippen MR) is 77.9 cm³/mol. The average Bonchev–Trinajstić information content (AvgIpc) is 2.90. The Labute approximate surface area is 121 Å². The monoisotopic (exact) mass is 295 g/mol. The summed E-state index contributed by atoms with van der Waals surface area (Å²) in [6.45, 7) is 0.424. The molecule has 0 radical (unpaired) electrons. The van der Waals surface area contributed by atoms with E-state index in [4.69, 9.17) is 16.3 Å². The summed E-state index contributed by atoms with van der Waals surface area (Å²) in [5.41, 5.74) is 0.877. The van der Waals surface area contributed by atoms with Crippen LogP contribution >= 0.6 is 22.9 Å². The van der Waals surface area contributed by atoms with Crippen LogP contribution < -0.4 is 10.1 Å². The first kappa shape index (κ1) is 13.9. The largest absolute Gasteiger partial charge is 0.497 e. The summed E-state index contributed by atoms with van der Waals surface area (Å²) >= 11 is 7.68. The van der Waals surface area contributed by atoms with Gasteiger partial charge in [-0.05, 0) is 29.1 Å². The fourth-order valence-electron chi connectivity index (χ4n) is 1.63. The Kier molecular flexibility index (Phi) is 4.82. The minimum Gasteiger partial charge on any atom is -0.497 e. The van der Waals surface area contributed by atoms with Gasteiger partial charge in [-0.3, -0.25) is 4.79 Å². The summed E-state index contributed by atoms with van der Waals surface area (Å²) in [4.78, 5) is 12.8. The molecule has 1 aromatic heterocycles. The van der Waals surface area contributed by atoms with Gasteiger partial charge in [0.05, 0.1) is 13.5 Å². The van der Waals surface area contributed by atoms with Crippen molar-refractivity contribution in [3.63, 3.8) is 0 Å². The third-order valence-corrected chi connectivity index (χ3v) is 3.88.